The zero-order chi connectivity index (χ0) is 13.6. The number of fused-ring (bicyclic) bond motifs is 1. The zero-order valence-corrected chi connectivity index (χ0v) is 12.5. The van der Waals surface area contributed by atoms with Crippen molar-refractivity contribution in [1.82, 2.24) is 4.98 Å². The molecular formula is C15H25N3. The summed E-state index contributed by atoms with van der Waals surface area (Å²) in [5, 5.41) is 3.48. The molecule has 0 spiro atoms. The largest absolute Gasteiger partial charge is 0.379 e. The quantitative estimate of drug-likeness (QED) is 0.824. The molecule has 0 aromatic carbocycles. The molecule has 18 heavy (non-hydrogen) atoms. The topological polar surface area (TPSA) is 28.2 Å². The molecule has 1 aromatic rings. The highest BCUT2D eigenvalue weighted by Crippen LogP contribution is 2.33. The van der Waals surface area contributed by atoms with Gasteiger partial charge in [-0.05, 0) is 59.6 Å². The van der Waals surface area contributed by atoms with Crippen LogP contribution in [0.4, 0.5) is 11.5 Å². The Bertz CT molecular complexity index is 438. The number of nitrogens with zero attached hydrogens (tertiary/aromatic N) is 2. The van der Waals surface area contributed by atoms with Crippen LogP contribution in [0.1, 0.15) is 47.1 Å². The molecule has 0 saturated carbocycles. The standard InChI is InChI=1S/C15H25N3/c1-14(2,3)17-12-9-11-7-8-18(15(4,5)6)13(11)16-10-12/h9-10,17H,7-8H2,1-6H3. The van der Waals surface area contributed by atoms with E-state index in [0.717, 1.165) is 24.5 Å². The third-order valence-electron chi connectivity index (χ3n) is 3.13. The van der Waals surface area contributed by atoms with Crippen molar-refractivity contribution in [2.45, 2.75) is 59.0 Å². The predicted molar refractivity (Wildman–Crippen MR) is 78.4 cm³/mol. The summed E-state index contributed by atoms with van der Waals surface area (Å²) in [6, 6.07) is 2.25. The Hall–Kier alpha value is -1.25. The fourth-order valence-corrected chi connectivity index (χ4v) is 2.42. The molecule has 0 bridgehead atoms. The van der Waals surface area contributed by atoms with Crippen LogP contribution in [-0.2, 0) is 6.42 Å². The molecule has 0 fully saturated rings. The van der Waals surface area contributed by atoms with Gasteiger partial charge in [0.15, 0.2) is 0 Å². The van der Waals surface area contributed by atoms with Crippen LogP contribution in [-0.4, -0.2) is 22.6 Å². The van der Waals surface area contributed by atoms with Crippen molar-refractivity contribution in [3.8, 4) is 0 Å². The number of nitrogens with one attached hydrogen (secondary N) is 1. The minimum absolute atomic E-state index is 0.0816. The van der Waals surface area contributed by atoms with Gasteiger partial charge in [-0.25, -0.2) is 4.98 Å². The van der Waals surface area contributed by atoms with Gasteiger partial charge in [0.25, 0.3) is 0 Å². The van der Waals surface area contributed by atoms with E-state index in [-0.39, 0.29) is 11.1 Å². The molecule has 3 nitrogen and oxygen atoms in total. The van der Waals surface area contributed by atoms with Crippen molar-refractivity contribution in [3.05, 3.63) is 17.8 Å². The molecule has 0 unspecified atom stereocenters. The third-order valence-corrected chi connectivity index (χ3v) is 3.13. The smallest absolute Gasteiger partial charge is 0.132 e. The van der Waals surface area contributed by atoms with Crippen molar-refractivity contribution in [2.24, 2.45) is 0 Å². The Labute approximate surface area is 111 Å². The minimum atomic E-state index is 0.0816. The molecule has 100 valence electrons. The molecule has 1 aromatic heterocycles. The van der Waals surface area contributed by atoms with Gasteiger partial charge in [-0.15, -0.1) is 0 Å². The van der Waals surface area contributed by atoms with E-state index in [2.05, 4.69) is 62.8 Å². The SMILES string of the molecule is CC(C)(C)Nc1cnc2c(c1)CCN2C(C)(C)C. The van der Waals surface area contributed by atoms with Crippen LogP contribution in [0.15, 0.2) is 12.3 Å². The number of aromatic nitrogens is 1. The fourth-order valence-electron chi connectivity index (χ4n) is 2.42. The van der Waals surface area contributed by atoms with Crippen LogP contribution in [0, 0.1) is 0 Å². The predicted octanol–water partition coefficient (Wildman–Crippen LogP) is 3.45. The maximum absolute atomic E-state index is 4.65. The number of hydrogen-bond acceptors (Lipinski definition) is 3. The van der Waals surface area contributed by atoms with E-state index >= 15 is 0 Å². The second-order valence-electron chi connectivity index (χ2n) is 7.15. The number of hydrogen-bond donors (Lipinski definition) is 1. The van der Waals surface area contributed by atoms with Gasteiger partial charge in [-0.2, -0.15) is 0 Å². The maximum Gasteiger partial charge on any atom is 0.132 e. The summed E-state index contributed by atoms with van der Waals surface area (Å²) in [6.07, 6.45) is 3.05. The first-order valence-electron chi connectivity index (χ1n) is 6.71. The average Bonchev–Trinajstić information content (AvgIpc) is 2.56. The normalized spacial score (nSPS) is 15.8. The van der Waals surface area contributed by atoms with Gasteiger partial charge >= 0.3 is 0 Å². The lowest BCUT2D eigenvalue weighted by Gasteiger charge is -2.33. The Morgan fingerprint density at radius 2 is 1.83 bits per heavy atom. The summed E-state index contributed by atoms with van der Waals surface area (Å²) in [5.74, 6) is 1.15. The summed E-state index contributed by atoms with van der Waals surface area (Å²) in [4.78, 5) is 7.05. The maximum atomic E-state index is 4.65. The summed E-state index contributed by atoms with van der Waals surface area (Å²) >= 11 is 0. The molecule has 1 aliphatic heterocycles. The highest BCUT2D eigenvalue weighted by molar-refractivity contribution is 5.60. The van der Waals surface area contributed by atoms with Gasteiger partial charge in [0.2, 0.25) is 0 Å². The minimum Gasteiger partial charge on any atom is -0.379 e. The first-order valence-corrected chi connectivity index (χ1v) is 6.71. The number of pyridine rings is 1. The van der Waals surface area contributed by atoms with Crippen LogP contribution < -0.4 is 10.2 Å². The van der Waals surface area contributed by atoms with Gasteiger partial charge in [0.1, 0.15) is 5.82 Å². The third kappa shape index (κ3) is 2.77. The summed E-state index contributed by atoms with van der Waals surface area (Å²) in [7, 11) is 0. The summed E-state index contributed by atoms with van der Waals surface area (Å²) < 4.78 is 0. The summed E-state index contributed by atoms with van der Waals surface area (Å²) in [5.41, 5.74) is 2.71. The lowest BCUT2D eigenvalue weighted by molar-refractivity contribution is 0.514. The van der Waals surface area contributed by atoms with Crippen molar-refractivity contribution in [3.63, 3.8) is 0 Å². The molecule has 0 atom stereocenters. The van der Waals surface area contributed by atoms with Gasteiger partial charge in [0, 0.05) is 17.6 Å². The van der Waals surface area contributed by atoms with E-state index < -0.39 is 0 Å². The van der Waals surface area contributed by atoms with E-state index in [1.54, 1.807) is 0 Å². The Balaban J connectivity index is 2.26. The van der Waals surface area contributed by atoms with Crippen LogP contribution >= 0.6 is 0 Å². The highest BCUT2D eigenvalue weighted by atomic mass is 15.3. The molecule has 0 amide bonds. The molecule has 1 N–H and O–H groups in total. The lowest BCUT2D eigenvalue weighted by Crippen LogP contribution is -2.40. The van der Waals surface area contributed by atoms with Gasteiger partial charge in [-0.3, -0.25) is 0 Å². The fraction of sp³-hybridized carbons (Fsp3) is 0.667. The molecule has 3 heteroatoms. The van der Waals surface area contributed by atoms with Gasteiger partial charge in [0.05, 0.1) is 11.9 Å². The molecule has 1 aliphatic rings. The van der Waals surface area contributed by atoms with Crippen molar-refractivity contribution >= 4 is 11.5 Å². The molecule has 0 aliphatic carbocycles. The van der Waals surface area contributed by atoms with Crippen LogP contribution in [0.25, 0.3) is 0 Å². The second-order valence-corrected chi connectivity index (χ2v) is 7.15. The van der Waals surface area contributed by atoms with Crippen LogP contribution in [0.2, 0.25) is 0 Å². The van der Waals surface area contributed by atoms with Gasteiger partial charge in [-0.1, -0.05) is 0 Å². The highest BCUT2D eigenvalue weighted by Gasteiger charge is 2.29. The van der Waals surface area contributed by atoms with E-state index in [0.29, 0.717) is 0 Å². The van der Waals surface area contributed by atoms with Gasteiger partial charge < -0.3 is 10.2 Å². The van der Waals surface area contributed by atoms with E-state index in [1.165, 1.54) is 5.56 Å². The molecule has 0 radical (unpaired) electrons. The number of rotatable bonds is 1. The van der Waals surface area contributed by atoms with E-state index in [1.807, 2.05) is 6.20 Å². The first-order chi connectivity index (χ1) is 8.17. The molecule has 2 heterocycles. The number of anilines is 2. The van der Waals surface area contributed by atoms with E-state index in [4.69, 9.17) is 0 Å². The summed E-state index contributed by atoms with van der Waals surface area (Å²) in [6.45, 7) is 14.3. The van der Waals surface area contributed by atoms with Crippen LogP contribution in [0.3, 0.4) is 0 Å². The Kier molecular flexibility index (Phi) is 3.04. The lowest BCUT2D eigenvalue weighted by atomic mass is 10.1. The Morgan fingerprint density at radius 3 is 2.39 bits per heavy atom. The molecular weight excluding hydrogens is 222 g/mol. The molecule has 2 rings (SSSR count). The monoisotopic (exact) mass is 247 g/mol. The van der Waals surface area contributed by atoms with Crippen molar-refractivity contribution in [1.29, 1.82) is 0 Å². The van der Waals surface area contributed by atoms with Crippen molar-refractivity contribution in [2.75, 3.05) is 16.8 Å². The molecule has 0 saturated heterocycles. The average molecular weight is 247 g/mol. The van der Waals surface area contributed by atoms with Crippen LogP contribution in [0.5, 0.6) is 0 Å². The van der Waals surface area contributed by atoms with E-state index in [9.17, 15) is 0 Å². The second kappa shape index (κ2) is 4.15. The zero-order valence-electron chi connectivity index (χ0n) is 12.5. The van der Waals surface area contributed by atoms with Crippen molar-refractivity contribution < 1.29 is 0 Å². The Morgan fingerprint density at radius 1 is 1.17 bits per heavy atom. The first kappa shape index (κ1) is 13.2.